The maximum Gasteiger partial charge on any atom is 0.230 e. The van der Waals surface area contributed by atoms with E-state index in [9.17, 15) is 9.18 Å². The normalized spacial score (nSPS) is 10.9. The van der Waals surface area contributed by atoms with Crippen molar-refractivity contribution in [3.05, 3.63) is 71.0 Å². The predicted octanol–water partition coefficient (Wildman–Crippen LogP) is 5.00. The van der Waals surface area contributed by atoms with Gasteiger partial charge in [0.05, 0.1) is 18.5 Å². The number of anilines is 2. The van der Waals surface area contributed by atoms with Gasteiger partial charge in [0.15, 0.2) is 16.7 Å². The first kappa shape index (κ1) is 21.0. The number of hydrogen-bond donors (Lipinski definition) is 0. The van der Waals surface area contributed by atoms with Crippen molar-refractivity contribution in [1.82, 2.24) is 9.88 Å². The molecule has 0 aliphatic heterocycles. The summed E-state index contributed by atoms with van der Waals surface area (Å²) in [5.74, 6) is -0.207. The van der Waals surface area contributed by atoms with E-state index in [1.807, 2.05) is 41.8 Å². The number of para-hydroxylation sites is 1. The van der Waals surface area contributed by atoms with E-state index in [1.54, 1.807) is 11.0 Å². The van der Waals surface area contributed by atoms with Crippen LogP contribution >= 0.6 is 11.3 Å². The molecule has 0 unspecified atom stereocenters. The minimum absolute atomic E-state index is 0.0850. The van der Waals surface area contributed by atoms with E-state index in [2.05, 4.69) is 16.8 Å². The zero-order chi connectivity index (χ0) is 20.8. The van der Waals surface area contributed by atoms with Crippen molar-refractivity contribution < 1.29 is 13.9 Å². The molecule has 0 spiro atoms. The number of hydrogen-bond acceptors (Lipinski definition) is 5. The number of ether oxygens (including phenoxy) is 1. The van der Waals surface area contributed by atoms with E-state index in [0.717, 1.165) is 23.5 Å². The van der Waals surface area contributed by atoms with Gasteiger partial charge in [-0.3, -0.25) is 14.6 Å². The molecule has 1 heterocycles. The molecule has 0 aliphatic carbocycles. The smallest absolute Gasteiger partial charge is 0.230 e. The first-order chi connectivity index (χ1) is 14.0. The summed E-state index contributed by atoms with van der Waals surface area (Å²) in [6, 6.07) is 14.5. The maximum absolute atomic E-state index is 14.0. The Morgan fingerprint density at radius 3 is 2.55 bits per heavy atom. The zero-order valence-electron chi connectivity index (χ0n) is 16.8. The molecule has 1 aromatic heterocycles. The van der Waals surface area contributed by atoms with Crippen LogP contribution in [0.1, 0.15) is 25.1 Å². The number of carbonyl (C=O) groups is 1. The molecule has 0 N–H and O–H groups in total. The van der Waals surface area contributed by atoms with Crippen molar-refractivity contribution in [2.75, 3.05) is 18.6 Å². The minimum atomic E-state index is -0.364. The van der Waals surface area contributed by atoms with Crippen LogP contribution in [-0.2, 0) is 17.9 Å². The van der Waals surface area contributed by atoms with Crippen molar-refractivity contribution in [2.45, 2.75) is 26.9 Å². The number of methoxy groups -OCH3 is 1. The number of carbonyl (C=O) groups excluding carboxylic acids is 1. The Kier molecular flexibility index (Phi) is 6.95. The van der Waals surface area contributed by atoms with Gasteiger partial charge in [-0.1, -0.05) is 31.2 Å². The van der Waals surface area contributed by atoms with Crippen LogP contribution in [0.25, 0.3) is 0 Å². The van der Waals surface area contributed by atoms with Gasteiger partial charge in [-0.15, -0.1) is 11.3 Å². The van der Waals surface area contributed by atoms with Crippen molar-refractivity contribution in [2.24, 2.45) is 0 Å². The van der Waals surface area contributed by atoms with Gasteiger partial charge in [-0.25, -0.2) is 9.37 Å². The molecule has 29 heavy (non-hydrogen) atoms. The summed E-state index contributed by atoms with van der Waals surface area (Å²) < 4.78 is 18.9. The number of benzene rings is 2. The van der Waals surface area contributed by atoms with E-state index in [1.165, 1.54) is 31.4 Å². The minimum Gasteiger partial charge on any atom is -0.494 e. The highest BCUT2D eigenvalue weighted by Crippen LogP contribution is 2.29. The second-order valence-corrected chi connectivity index (χ2v) is 7.42. The Hall–Kier alpha value is -2.77. The summed E-state index contributed by atoms with van der Waals surface area (Å²) in [6.45, 7) is 5.58. The third-order valence-corrected chi connectivity index (χ3v) is 5.39. The lowest BCUT2D eigenvalue weighted by atomic mass is 10.2. The lowest BCUT2D eigenvalue weighted by Crippen LogP contribution is -2.24. The Balaban J connectivity index is 1.73. The Morgan fingerprint density at radius 1 is 1.17 bits per heavy atom. The summed E-state index contributed by atoms with van der Waals surface area (Å²) >= 11 is 1.44. The SMILES string of the molecule is CCN(Cc1ccc(OC)c(F)c1)Cc1csc(N(C(C)=O)c2ccccc2)n1. The second-order valence-electron chi connectivity index (χ2n) is 6.58. The third-order valence-electron chi connectivity index (χ3n) is 4.52. The molecule has 0 atom stereocenters. The van der Waals surface area contributed by atoms with E-state index in [-0.39, 0.29) is 17.5 Å². The van der Waals surface area contributed by atoms with Crippen LogP contribution in [0.3, 0.4) is 0 Å². The van der Waals surface area contributed by atoms with Crippen molar-refractivity contribution in [3.8, 4) is 5.75 Å². The molecule has 0 radical (unpaired) electrons. The summed E-state index contributed by atoms with van der Waals surface area (Å²) in [5.41, 5.74) is 2.54. The fourth-order valence-corrected chi connectivity index (χ4v) is 3.93. The Morgan fingerprint density at radius 2 is 1.93 bits per heavy atom. The molecule has 5 nitrogen and oxygen atoms in total. The number of thiazole rings is 1. The van der Waals surface area contributed by atoms with E-state index >= 15 is 0 Å². The van der Waals surface area contributed by atoms with E-state index in [0.29, 0.717) is 18.2 Å². The van der Waals surface area contributed by atoms with Gasteiger partial charge >= 0.3 is 0 Å². The summed E-state index contributed by atoms with van der Waals surface area (Å²) in [6.07, 6.45) is 0. The van der Waals surface area contributed by atoms with Gasteiger partial charge in [-0.2, -0.15) is 0 Å². The van der Waals surface area contributed by atoms with Crippen LogP contribution in [0.2, 0.25) is 0 Å². The lowest BCUT2D eigenvalue weighted by Gasteiger charge is -2.20. The number of amides is 1. The molecule has 1 amide bonds. The highest BCUT2D eigenvalue weighted by Gasteiger charge is 2.18. The lowest BCUT2D eigenvalue weighted by molar-refractivity contribution is -0.115. The number of halogens is 1. The maximum atomic E-state index is 14.0. The molecule has 0 saturated heterocycles. The van der Waals surface area contributed by atoms with Gasteiger partial charge in [0.2, 0.25) is 5.91 Å². The van der Waals surface area contributed by atoms with Gasteiger partial charge < -0.3 is 4.74 Å². The zero-order valence-corrected chi connectivity index (χ0v) is 17.6. The molecule has 3 rings (SSSR count). The summed E-state index contributed by atoms with van der Waals surface area (Å²) in [5, 5.41) is 2.61. The first-order valence-corrected chi connectivity index (χ1v) is 10.2. The molecule has 152 valence electrons. The summed E-state index contributed by atoms with van der Waals surface area (Å²) in [7, 11) is 1.45. The van der Waals surface area contributed by atoms with E-state index in [4.69, 9.17) is 4.74 Å². The van der Waals surface area contributed by atoms with Crippen molar-refractivity contribution in [1.29, 1.82) is 0 Å². The molecule has 0 bridgehead atoms. The van der Waals surface area contributed by atoms with E-state index < -0.39 is 0 Å². The van der Waals surface area contributed by atoms with Crippen molar-refractivity contribution >= 4 is 28.1 Å². The fourth-order valence-electron chi connectivity index (χ4n) is 3.05. The molecule has 7 heteroatoms. The predicted molar refractivity (Wildman–Crippen MR) is 114 cm³/mol. The molecular formula is C22H24FN3O2S. The summed E-state index contributed by atoms with van der Waals surface area (Å²) in [4.78, 5) is 20.6. The molecule has 0 fully saturated rings. The van der Waals surface area contributed by atoms with Crippen LogP contribution in [0.4, 0.5) is 15.2 Å². The Labute approximate surface area is 174 Å². The molecular weight excluding hydrogens is 389 g/mol. The third kappa shape index (κ3) is 5.19. The number of aromatic nitrogens is 1. The number of nitrogens with zero attached hydrogens (tertiary/aromatic N) is 3. The fraction of sp³-hybridized carbons (Fsp3) is 0.273. The van der Waals surface area contributed by atoms with Gasteiger partial charge in [0.25, 0.3) is 0 Å². The first-order valence-electron chi connectivity index (χ1n) is 9.36. The van der Waals surface area contributed by atoms with Gasteiger partial charge in [0.1, 0.15) is 0 Å². The number of rotatable bonds is 8. The van der Waals surface area contributed by atoms with Crippen LogP contribution in [0.5, 0.6) is 5.75 Å². The highest BCUT2D eigenvalue weighted by molar-refractivity contribution is 7.14. The molecule has 0 saturated carbocycles. The van der Waals surface area contributed by atoms with Crippen molar-refractivity contribution in [3.63, 3.8) is 0 Å². The van der Waals surface area contributed by atoms with Gasteiger partial charge in [0, 0.05) is 25.4 Å². The average molecular weight is 414 g/mol. The van der Waals surface area contributed by atoms with Crippen LogP contribution in [0, 0.1) is 5.82 Å². The quantitative estimate of drug-likeness (QED) is 0.521. The van der Waals surface area contributed by atoms with Gasteiger partial charge in [-0.05, 0) is 36.4 Å². The molecule has 0 aliphatic rings. The van der Waals surface area contributed by atoms with Crippen LogP contribution in [-0.4, -0.2) is 29.4 Å². The topological polar surface area (TPSA) is 45.7 Å². The second kappa shape index (κ2) is 9.62. The Bertz CT molecular complexity index is 962. The molecule has 2 aromatic carbocycles. The largest absolute Gasteiger partial charge is 0.494 e. The molecule has 3 aromatic rings. The van der Waals surface area contributed by atoms with Crippen LogP contribution in [0.15, 0.2) is 53.9 Å². The average Bonchev–Trinajstić information content (AvgIpc) is 3.16. The monoisotopic (exact) mass is 413 g/mol. The van der Waals surface area contributed by atoms with Crippen LogP contribution < -0.4 is 9.64 Å². The highest BCUT2D eigenvalue weighted by atomic mass is 32.1. The standard InChI is InChI=1S/C22H24FN3O2S/c1-4-25(13-17-10-11-21(28-3)20(23)12-17)14-18-15-29-22(24-18)26(16(2)27)19-8-6-5-7-9-19/h5-12,15H,4,13-14H2,1-3H3.